The van der Waals surface area contributed by atoms with Gasteiger partial charge in [-0.25, -0.2) is 8.78 Å². The van der Waals surface area contributed by atoms with Crippen molar-refractivity contribution in [2.24, 2.45) is 0 Å². The van der Waals surface area contributed by atoms with Gasteiger partial charge in [0.15, 0.2) is 0 Å². The average molecular weight is 312 g/mol. The Morgan fingerprint density at radius 1 is 1.00 bits per heavy atom. The zero-order chi connectivity index (χ0) is 15.5. The summed E-state index contributed by atoms with van der Waals surface area (Å²) in [6, 6.07) is 2.37. The number of ether oxygens (including phenoxy) is 1. The van der Waals surface area contributed by atoms with Crippen molar-refractivity contribution in [2.75, 3.05) is 45.9 Å². The Morgan fingerprint density at radius 2 is 1.64 bits per heavy atom. The Labute approximate surface area is 129 Å². The Hall–Kier alpha value is -1.08. The van der Waals surface area contributed by atoms with E-state index in [0.717, 1.165) is 13.1 Å². The lowest BCUT2D eigenvalue weighted by molar-refractivity contribution is 0.00573. The van der Waals surface area contributed by atoms with Gasteiger partial charge in [-0.1, -0.05) is 0 Å². The molecule has 1 aromatic carbocycles. The van der Waals surface area contributed by atoms with Crippen LogP contribution in [-0.2, 0) is 17.7 Å². The fraction of sp³-hybridized carbons (Fsp3) is 0.625. The molecule has 3 rings (SSSR count). The van der Waals surface area contributed by atoms with Crippen molar-refractivity contribution in [2.45, 2.75) is 19.1 Å². The molecule has 0 bridgehead atoms. The number of fused-ring (bicyclic) bond motifs is 1. The lowest BCUT2D eigenvalue weighted by Crippen LogP contribution is -2.45. The van der Waals surface area contributed by atoms with Crippen LogP contribution in [0, 0.1) is 11.6 Å². The molecule has 4 nitrogen and oxygen atoms in total. The zero-order valence-corrected chi connectivity index (χ0v) is 12.6. The quantitative estimate of drug-likeness (QED) is 0.900. The molecule has 0 spiro atoms. The van der Waals surface area contributed by atoms with E-state index in [2.05, 4.69) is 4.90 Å². The topological polar surface area (TPSA) is 35.9 Å². The normalized spacial score (nSPS) is 21.6. The summed E-state index contributed by atoms with van der Waals surface area (Å²) in [5.74, 6) is -0.686. The maximum Gasteiger partial charge on any atom is 0.128 e. The van der Waals surface area contributed by atoms with Crippen molar-refractivity contribution < 1.29 is 18.6 Å². The first kappa shape index (κ1) is 15.8. The summed E-state index contributed by atoms with van der Waals surface area (Å²) >= 11 is 0. The number of halogens is 2. The number of aliphatic hydroxyl groups is 1. The van der Waals surface area contributed by atoms with E-state index in [1.54, 1.807) is 0 Å². The molecule has 2 heterocycles. The molecule has 0 aromatic heterocycles. The molecule has 122 valence electrons. The van der Waals surface area contributed by atoms with Gasteiger partial charge in [0.2, 0.25) is 0 Å². The predicted molar refractivity (Wildman–Crippen MR) is 78.6 cm³/mol. The van der Waals surface area contributed by atoms with E-state index >= 15 is 0 Å². The highest BCUT2D eigenvalue weighted by molar-refractivity contribution is 5.32. The van der Waals surface area contributed by atoms with Gasteiger partial charge in [0.25, 0.3) is 0 Å². The van der Waals surface area contributed by atoms with E-state index in [1.807, 2.05) is 4.90 Å². The number of hydrogen-bond donors (Lipinski definition) is 1. The molecule has 1 aromatic rings. The van der Waals surface area contributed by atoms with Crippen LogP contribution in [0.3, 0.4) is 0 Å². The molecule has 1 saturated heterocycles. The van der Waals surface area contributed by atoms with Crippen molar-refractivity contribution in [1.29, 1.82) is 0 Å². The zero-order valence-electron chi connectivity index (χ0n) is 12.6. The second kappa shape index (κ2) is 7.00. The van der Waals surface area contributed by atoms with Crippen LogP contribution in [0.2, 0.25) is 0 Å². The molecule has 0 aliphatic carbocycles. The summed E-state index contributed by atoms with van der Waals surface area (Å²) in [6.07, 6.45) is -0.000278. The van der Waals surface area contributed by atoms with Crippen molar-refractivity contribution in [1.82, 2.24) is 9.80 Å². The summed E-state index contributed by atoms with van der Waals surface area (Å²) in [4.78, 5) is 4.17. The van der Waals surface area contributed by atoms with Crippen molar-refractivity contribution in [3.05, 3.63) is 34.9 Å². The summed E-state index contributed by atoms with van der Waals surface area (Å²) in [7, 11) is 0. The third-order valence-electron chi connectivity index (χ3n) is 4.42. The van der Waals surface area contributed by atoms with E-state index in [9.17, 15) is 13.9 Å². The Kier molecular flexibility index (Phi) is 5.03. The van der Waals surface area contributed by atoms with Gasteiger partial charge >= 0.3 is 0 Å². The molecule has 1 N–H and O–H groups in total. The average Bonchev–Trinajstić information content (AvgIpc) is 2.52. The molecule has 0 radical (unpaired) electrons. The molecule has 1 unspecified atom stereocenters. The van der Waals surface area contributed by atoms with Gasteiger partial charge in [0.05, 0.1) is 19.3 Å². The molecule has 6 heteroatoms. The van der Waals surface area contributed by atoms with E-state index in [4.69, 9.17) is 4.74 Å². The van der Waals surface area contributed by atoms with Crippen molar-refractivity contribution in [3.63, 3.8) is 0 Å². The SMILES string of the molecule is OC(CN1CCOCC1)CN1CCc2c(F)ccc(F)c2C1. The van der Waals surface area contributed by atoms with Gasteiger partial charge in [0, 0.05) is 44.8 Å². The fourth-order valence-corrected chi connectivity index (χ4v) is 3.24. The van der Waals surface area contributed by atoms with E-state index in [1.165, 1.54) is 12.1 Å². The van der Waals surface area contributed by atoms with Crippen molar-refractivity contribution >= 4 is 0 Å². The summed E-state index contributed by atoms with van der Waals surface area (Å²) in [6.45, 7) is 5.15. The third-order valence-corrected chi connectivity index (χ3v) is 4.42. The number of rotatable bonds is 4. The fourth-order valence-electron chi connectivity index (χ4n) is 3.24. The standard InChI is InChI=1S/C16H22F2N2O2/c17-15-1-2-16(18)14-11-20(4-3-13(14)15)10-12(21)9-19-5-7-22-8-6-19/h1-2,12,21H,3-11H2. The minimum atomic E-state index is -0.490. The first-order valence-corrected chi connectivity index (χ1v) is 7.80. The van der Waals surface area contributed by atoms with Crippen LogP contribution in [0.1, 0.15) is 11.1 Å². The van der Waals surface area contributed by atoms with E-state index in [0.29, 0.717) is 56.9 Å². The first-order chi connectivity index (χ1) is 10.6. The highest BCUT2D eigenvalue weighted by Gasteiger charge is 2.24. The minimum absolute atomic E-state index is 0.329. The van der Waals surface area contributed by atoms with Crippen molar-refractivity contribution in [3.8, 4) is 0 Å². The number of aliphatic hydroxyl groups excluding tert-OH is 1. The van der Waals surface area contributed by atoms with Crippen LogP contribution in [0.5, 0.6) is 0 Å². The van der Waals surface area contributed by atoms with E-state index in [-0.39, 0.29) is 11.6 Å². The van der Waals surface area contributed by atoms with Crippen LogP contribution in [-0.4, -0.2) is 66.9 Å². The molecule has 1 atom stereocenters. The molecule has 22 heavy (non-hydrogen) atoms. The monoisotopic (exact) mass is 312 g/mol. The number of hydrogen-bond acceptors (Lipinski definition) is 4. The van der Waals surface area contributed by atoms with Gasteiger partial charge < -0.3 is 9.84 Å². The molecule has 1 fully saturated rings. The summed E-state index contributed by atoms with van der Waals surface area (Å²) < 4.78 is 32.8. The molecule has 2 aliphatic heterocycles. The van der Waals surface area contributed by atoms with Gasteiger partial charge in [0.1, 0.15) is 11.6 Å². The number of morpholine rings is 1. The van der Waals surface area contributed by atoms with Gasteiger partial charge in [-0.05, 0) is 24.1 Å². The first-order valence-electron chi connectivity index (χ1n) is 7.80. The second-order valence-electron chi connectivity index (χ2n) is 6.04. The van der Waals surface area contributed by atoms with Gasteiger partial charge in [-0.3, -0.25) is 9.80 Å². The second-order valence-corrected chi connectivity index (χ2v) is 6.04. The smallest absolute Gasteiger partial charge is 0.128 e. The number of β-amino-alcohol motifs (C(OH)–C–C–N with tert-alkyl or cyclic N) is 1. The highest BCUT2D eigenvalue weighted by atomic mass is 19.1. The molecule has 2 aliphatic rings. The van der Waals surface area contributed by atoms with Crippen LogP contribution >= 0.6 is 0 Å². The van der Waals surface area contributed by atoms with Crippen LogP contribution < -0.4 is 0 Å². The van der Waals surface area contributed by atoms with Crippen LogP contribution in [0.15, 0.2) is 12.1 Å². The molecular formula is C16H22F2N2O2. The third kappa shape index (κ3) is 3.63. The summed E-state index contributed by atoms with van der Waals surface area (Å²) in [5, 5.41) is 10.2. The number of nitrogens with zero attached hydrogens (tertiary/aromatic N) is 2. The van der Waals surface area contributed by atoms with Gasteiger partial charge in [-0.2, -0.15) is 0 Å². The lowest BCUT2D eigenvalue weighted by atomic mass is 9.98. The van der Waals surface area contributed by atoms with Crippen LogP contribution in [0.4, 0.5) is 8.78 Å². The molecule has 0 amide bonds. The molecule has 0 saturated carbocycles. The van der Waals surface area contributed by atoms with Gasteiger partial charge in [-0.15, -0.1) is 0 Å². The number of benzene rings is 1. The molecular weight excluding hydrogens is 290 g/mol. The summed E-state index contributed by atoms with van der Waals surface area (Å²) in [5.41, 5.74) is 0.920. The highest BCUT2D eigenvalue weighted by Crippen LogP contribution is 2.24. The maximum atomic E-state index is 13.9. The maximum absolute atomic E-state index is 13.9. The minimum Gasteiger partial charge on any atom is -0.390 e. The van der Waals surface area contributed by atoms with E-state index < -0.39 is 6.10 Å². The largest absolute Gasteiger partial charge is 0.390 e. The Balaban J connectivity index is 1.56. The Morgan fingerprint density at radius 3 is 2.36 bits per heavy atom. The lowest BCUT2D eigenvalue weighted by Gasteiger charge is -2.33. The predicted octanol–water partition coefficient (Wildman–Crippen LogP) is 1.02. The van der Waals surface area contributed by atoms with Crippen LogP contribution in [0.25, 0.3) is 0 Å². The Bertz CT molecular complexity index is 521.